The van der Waals surface area contributed by atoms with Crippen LogP contribution in [0.1, 0.15) is 60.9 Å². The first kappa shape index (κ1) is 18.7. The number of rotatable bonds is 6. The van der Waals surface area contributed by atoms with Gasteiger partial charge in [-0.2, -0.15) is 5.10 Å². The van der Waals surface area contributed by atoms with E-state index in [1.807, 2.05) is 28.6 Å². The van der Waals surface area contributed by atoms with E-state index in [2.05, 4.69) is 41.4 Å². The molecule has 0 unspecified atom stereocenters. The summed E-state index contributed by atoms with van der Waals surface area (Å²) in [5.74, 6) is 0.563. The lowest BCUT2D eigenvalue weighted by Gasteiger charge is -2.36. The molecule has 1 saturated heterocycles. The standard InChI is InChI=1S/C20H31N5O/c1-15(2)12-25-14-16(11-22-25)13-24-10-6-5-7-18(24)17-8-9-19(23(17)4)20(26)21-3/h8-9,11,14-15,18H,5-7,10,12-13H2,1-4H3,(H,21,26)/t18-/m1/s1. The molecule has 1 amide bonds. The summed E-state index contributed by atoms with van der Waals surface area (Å²) in [5.41, 5.74) is 3.20. The minimum atomic E-state index is -0.0314. The highest BCUT2D eigenvalue weighted by Crippen LogP contribution is 2.32. The summed E-state index contributed by atoms with van der Waals surface area (Å²) in [6, 6.07) is 4.39. The molecule has 1 aliphatic heterocycles. The molecule has 142 valence electrons. The van der Waals surface area contributed by atoms with Crippen LogP contribution in [0.3, 0.4) is 0 Å². The molecule has 1 atom stereocenters. The number of nitrogens with one attached hydrogen (secondary N) is 1. The molecule has 0 radical (unpaired) electrons. The average molecular weight is 358 g/mol. The van der Waals surface area contributed by atoms with E-state index < -0.39 is 0 Å². The fourth-order valence-electron chi connectivity index (χ4n) is 3.93. The van der Waals surface area contributed by atoms with Gasteiger partial charge in [0.1, 0.15) is 5.69 Å². The van der Waals surface area contributed by atoms with Crippen LogP contribution in [0.15, 0.2) is 24.5 Å². The van der Waals surface area contributed by atoms with Gasteiger partial charge in [0.2, 0.25) is 0 Å². The van der Waals surface area contributed by atoms with E-state index in [1.54, 1.807) is 7.05 Å². The van der Waals surface area contributed by atoms with Crippen molar-refractivity contribution in [3.63, 3.8) is 0 Å². The van der Waals surface area contributed by atoms with Crippen molar-refractivity contribution >= 4 is 5.91 Å². The molecule has 2 aromatic heterocycles. The Bertz CT molecular complexity index is 745. The number of carbonyl (C=O) groups is 1. The van der Waals surface area contributed by atoms with Gasteiger partial charge in [0, 0.05) is 44.6 Å². The molecule has 26 heavy (non-hydrogen) atoms. The molecule has 0 aliphatic carbocycles. The SMILES string of the molecule is CNC(=O)c1ccc([C@H]2CCCCN2Cc2cnn(CC(C)C)c2)n1C. The first-order valence-corrected chi connectivity index (χ1v) is 9.62. The molecule has 3 rings (SSSR count). The molecule has 1 fully saturated rings. The zero-order chi connectivity index (χ0) is 18.7. The van der Waals surface area contributed by atoms with Gasteiger partial charge in [-0.1, -0.05) is 20.3 Å². The molecule has 6 heteroatoms. The molecule has 0 aromatic carbocycles. The van der Waals surface area contributed by atoms with Crippen molar-refractivity contribution in [1.29, 1.82) is 0 Å². The monoisotopic (exact) mass is 357 g/mol. The molecule has 3 heterocycles. The van der Waals surface area contributed by atoms with Crippen molar-refractivity contribution in [3.8, 4) is 0 Å². The minimum absolute atomic E-state index is 0.0314. The van der Waals surface area contributed by atoms with Crippen LogP contribution in [-0.4, -0.2) is 38.7 Å². The predicted molar refractivity (Wildman–Crippen MR) is 103 cm³/mol. The van der Waals surface area contributed by atoms with E-state index in [4.69, 9.17) is 0 Å². The van der Waals surface area contributed by atoms with Gasteiger partial charge in [0.15, 0.2) is 0 Å². The van der Waals surface area contributed by atoms with Crippen LogP contribution in [0.5, 0.6) is 0 Å². The predicted octanol–water partition coefficient (Wildman–Crippen LogP) is 2.96. The third kappa shape index (κ3) is 4.01. The minimum Gasteiger partial charge on any atom is -0.354 e. The maximum Gasteiger partial charge on any atom is 0.267 e. The van der Waals surface area contributed by atoms with Crippen molar-refractivity contribution in [2.24, 2.45) is 13.0 Å². The molecule has 0 saturated carbocycles. The number of aromatic nitrogens is 3. The van der Waals surface area contributed by atoms with E-state index in [1.165, 1.54) is 24.1 Å². The van der Waals surface area contributed by atoms with E-state index in [0.29, 0.717) is 12.0 Å². The number of carbonyl (C=O) groups excluding carboxylic acids is 1. The van der Waals surface area contributed by atoms with Gasteiger partial charge >= 0.3 is 0 Å². The van der Waals surface area contributed by atoms with Crippen molar-refractivity contribution in [2.45, 2.75) is 52.2 Å². The lowest BCUT2D eigenvalue weighted by Crippen LogP contribution is -2.34. The second-order valence-electron chi connectivity index (χ2n) is 7.73. The van der Waals surface area contributed by atoms with Crippen molar-refractivity contribution in [2.75, 3.05) is 13.6 Å². The molecular formula is C20H31N5O. The van der Waals surface area contributed by atoms with Gasteiger partial charge in [0.25, 0.3) is 5.91 Å². The molecule has 0 bridgehead atoms. The summed E-state index contributed by atoms with van der Waals surface area (Å²) in [7, 11) is 3.67. The Morgan fingerprint density at radius 1 is 1.35 bits per heavy atom. The second kappa shape index (κ2) is 8.08. The lowest BCUT2D eigenvalue weighted by atomic mass is 9.99. The Balaban J connectivity index is 1.77. The smallest absolute Gasteiger partial charge is 0.267 e. The molecule has 2 aromatic rings. The fraction of sp³-hybridized carbons (Fsp3) is 0.600. The number of hydrogen-bond acceptors (Lipinski definition) is 3. The van der Waals surface area contributed by atoms with Gasteiger partial charge in [-0.15, -0.1) is 0 Å². The topological polar surface area (TPSA) is 55.1 Å². The Labute approximate surface area is 156 Å². The molecule has 0 spiro atoms. The van der Waals surface area contributed by atoms with E-state index in [-0.39, 0.29) is 5.91 Å². The lowest BCUT2D eigenvalue weighted by molar-refractivity contribution is 0.0952. The van der Waals surface area contributed by atoms with Crippen LogP contribution in [0, 0.1) is 5.92 Å². The summed E-state index contributed by atoms with van der Waals surface area (Å²) in [6.45, 7) is 7.36. The maximum atomic E-state index is 12.0. The number of amides is 1. The van der Waals surface area contributed by atoms with Crippen molar-refractivity contribution in [3.05, 3.63) is 41.5 Å². The van der Waals surface area contributed by atoms with Gasteiger partial charge in [0.05, 0.1) is 12.2 Å². The van der Waals surface area contributed by atoms with Gasteiger partial charge < -0.3 is 9.88 Å². The number of nitrogens with zero attached hydrogens (tertiary/aromatic N) is 4. The number of piperidine rings is 1. The highest BCUT2D eigenvalue weighted by atomic mass is 16.1. The number of hydrogen-bond donors (Lipinski definition) is 1. The highest BCUT2D eigenvalue weighted by molar-refractivity contribution is 5.92. The first-order valence-electron chi connectivity index (χ1n) is 9.62. The van der Waals surface area contributed by atoms with E-state index in [0.717, 1.165) is 31.7 Å². The fourth-order valence-corrected chi connectivity index (χ4v) is 3.93. The zero-order valence-corrected chi connectivity index (χ0v) is 16.4. The van der Waals surface area contributed by atoms with Gasteiger partial charge in [-0.25, -0.2) is 0 Å². The van der Waals surface area contributed by atoms with Gasteiger partial charge in [-0.3, -0.25) is 14.4 Å². The summed E-state index contributed by atoms with van der Waals surface area (Å²) >= 11 is 0. The van der Waals surface area contributed by atoms with Crippen LogP contribution in [-0.2, 0) is 20.1 Å². The Morgan fingerprint density at radius 3 is 2.88 bits per heavy atom. The summed E-state index contributed by atoms with van der Waals surface area (Å²) < 4.78 is 4.09. The van der Waals surface area contributed by atoms with Crippen molar-refractivity contribution < 1.29 is 4.79 Å². The first-order chi connectivity index (χ1) is 12.5. The molecule has 1 N–H and O–H groups in total. The maximum absolute atomic E-state index is 12.0. The van der Waals surface area contributed by atoms with Crippen LogP contribution >= 0.6 is 0 Å². The normalized spacial score (nSPS) is 18.4. The largest absolute Gasteiger partial charge is 0.354 e. The summed E-state index contributed by atoms with van der Waals surface area (Å²) in [5, 5.41) is 7.23. The van der Waals surface area contributed by atoms with Gasteiger partial charge in [-0.05, 0) is 37.4 Å². The highest BCUT2D eigenvalue weighted by Gasteiger charge is 2.27. The Morgan fingerprint density at radius 2 is 2.15 bits per heavy atom. The van der Waals surface area contributed by atoms with E-state index in [9.17, 15) is 4.79 Å². The third-order valence-corrected chi connectivity index (χ3v) is 5.20. The second-order valence-corrected chi connectivity index (χ2v) is 7.73. The van der Waals surface area contributed by atoms with Crippen molar-refractivity contribution in [1.82, 2.24) is 24.6 Å². The van der Waals surface area contributed by atoms with Crippen LogP contribution in [0.2, 0.25) is 0 Å². The summed E-state index contributed by atoms with van der Waals surface area (Å²) in [6.07, 6.45) is 7.75. The third-order valence-electron chi connectivity index (χ3n) is 5.20. The molecular weight excluding hydrogens is 326 g/mol. The average Bonchev–Trinajstić information content (AvgIpc) is 3.21. The number of likely N-dealkylation sites (tertiary alicyclic amines) is 1. The Hall–Kier alpha value is -2.08. The quantitative estimate of drug-likeness (QED) is 0.865. The molecule has 1 aliphatic rings. The van der Waals surface area contributed by atoms with Crippen LogP contribution < -0.4 is 5.32 Å². The van der Waals surface area contributed by atoms with Crippen LogP contribution in [0.25, 0.3) is 0 Å². The molecule has 6 nitrogen and oxygen atoms in total. The van der Waals surface area contributed by atoms with E-state index >= 15 is 0 Å². The summed E-state index contributed by atoms with van der Waals surface area (Å²) in [4.78, 5) is 14.6. The Kier molecular flexibility index (Phi) is 5.81. The van der Waals surface area contributed by atoms with Crippen LogP contribution in [0.4, 0.5) is 0 Å². The zero-order valence-electron chi connectivity index (χ0n) is 16.4.